The number of rotatable bonds is 2. The lowest BCUT2D eigenvalue weighted by atomic mass is 10.7. The SMILES string of the molecule is CSC(S)NC(C)=O. The second kappa shape index (κ2) is 4.09. The van der Waals surface area contributed by atoms with Crippen LogP contribution >= 0.6 is 24.4 Å². The highest BCUT2D eigenvalue weighted by Crippen LogP contribution is 2.04. The normalized spacial score (nSPS) is 12.9. The summed E-state index contributed by atoms with van der Waals surface area (Å²) in [4.78, 5) is 10.2. The van der Waals surface area contributed by atoms with Crippen LogP contribution in [0.25, 0.3) is 0 Å². The molecular formula is C4H9NOS2. The summed E-state index contributed by atoms with van der Waals surface area (Å²) in [6, 6.07) is 0. The molecule has 4 heteroatoms. The zero-order chi connectivity index (χ0) is 6.57. The third-order valence-corrected chi connectivity index (χ3v) is 1.88. The van der Waals surface area contributed by atoms with Crippen LogP contribution in [0.5, 0.6) is 0 Å². The lowest BCUT2D eigenvalue weighted by Crippen LogP contribution is -2.25. The van der Waals surface area contributed by atoms with Crippen molar-refractivity contribution in [3.05, 3.63) is 0 Å². The second-order valence-corrected chi connectivity index (χ2v) is 3.10. The molecule has 0 rings (SSSR count). The van der Waals surface area contributed by atoms with E-state index in [9.17, 15) is 4.79 Å². The largest absolute Gasteiger partial charge is 0.336 e. The van der Waals surface area contributed by atoms with Gasteiger partial charge in [-0.2, -0.15) is 0 Å². The number of amides is 1. The average molecular weight is 151 g/mol. The van der Waals surface area contributed by atoms with E-state index in [-0.39, 0.29) is 10.6 Å². The summed E-state index contributed by atoms with van der Waals surface area (Å²) in [6.07, 6.45) is 1.88. The van der Waals surface area contributed by atoms with Gasteiger partial charge in [0.2, 0.25) is 5.91 Å². The maximum absolute atomic E-state index is 10.2. The number of thiol groups is 1. The summed E-state index contributed by atoms with van der Waals surface area (Å²) >= 11 is 5.49. The minimum Gasteiger partial charge on any atom is -0.336 e. The van der Waals surface area contributed by atoms with Crippen LogP contribution < -0.4 is 5.32 Å². The van der Waals surface area contributed by atoms with Gasteiger partial charge >= 0.3 is 0 Å². The topological polar surface area (TPSA) is 29.1 Å². The van der Waals surface area contributed by atoms with Crippen molar-refractivity contribution in [3.63, 3.8) is 0 Å². The molecule has 0 aliphatic rings. The molecule has 0 aromatic heterocycles. The Kier molecular flexibility index (Phi) is 4.18. The summed E-state index contributed by atoms with van der Waals surface area (Å²) in [6.45, 7) is 1.47. The standard InChI is InChI=1S/C4H9NOS2/c1-3(6)5-4(7)8-2/h4,7H,1-2H3,(H,5,6). The van der Waals surface area contributed by atoms with E-state index in [1.54, 1.807) is 0 Å². The molecule has 8 heavy (non-hydrogen) atoms. The van der Waals surface area contributed by atoms with E-state index in [4.69, 9.17) is 0 Å². The molecule has 1 amide bonds. The number of hydrogen-bond acceptors (Lipinski definition) is 3. The van der Waals surface area contributed by atoms with Crippen molar-refractivity contribution < 1.29 is 4.79 Å². The predicted molar refractivity (Wildman–Crippen MR) is 40.1 cm³/mol. The maximum Gasteiger partial charge on any atom is 0.218 e. The smallest absolute Gasteiger partial charge is 0.218 e. The summed E-state index contributed by atoms with van der Waals surface area (Å²) in [5, 5.41) is 2.58. The minimum absolute atomic E-state index is 0.0423. The molecule has 0 bridgehead atoms. The number of nitrogens with one attached hydrogen (secondary N) is 1. The Balaban J connectivity index is 3.24. The summed E-state index contributed by atoms with van der Waals surface area (Å²) in [7, 11) is 0. The van der Waals surface area contributed by atoms with Crippen molar-refractivity contribution in [2.24, 2.45) is 0 Å². The number of carbonyl (C=O) groups is 1. The molecular weight excluding hydrogens is 142 g/mol. The van der Waals surface area contributed by atoms with Crippen molar-refractivity contribution in [2.75, 3.05) is 6.26 Å². The fraction of sp³-hybridized carbons (Fsp3) is 0.750. The first kappa shape index (κ1) is 8.17. The van der Waals surface area contributed by atoms with Crippen LogP contribution in [0.2, 0.25) is 0 Å². The van der Waals surface area contributed by atoms with Gasteiger partial charge in [-0.3, -0.25) is 4.79 Å². The van der Waals surface area contributed by atoms with Crippen molar-refractivity contribution in [2.45, 2.75) is 11.6 Å². The molecule has 0 aliphatic carbocycles. The van der Waals surface area contributed by atoms with Gasteiger partial charge in [0.1, 0.15) is 4.71 Å². The molecule has 1 N–H and O–H groups in total. The van der Waals surface area contributed by atoms with Crippen LogP contribution in [0.1, 0.15) is 6.92 Å². The van der Waals surface area contributed by atoms with Crippen molar-refractivity contribution in [1.29, 1.82) is 0 Å². The lowest BCUT2D eigenvalue weighted by molar-refractivity contribution is -0.118. The zero-order valence-electron chi connectivity index (χ0n) is 4.84. The highest BCUT2D eigenvalue weighted by atomic mass is 32.2. The molecule has 1 atom stereocenters. The summed E-state index contributed by atoms with van der Waals surface area (Å²) < 4.78 is -0.0625. The molecule has 2 nitrogen and oxygen atoms in total. The van der Waals surface area contributed by atoms with E-state index in [1.807, 2.05) is 6.26 Å². The van der Waals surface area contributed by atoms with Gasteiger partial charge in [-0.05, 0) is 6.26 Å². The third kappa shape index (κ3) is 4.33. The van der Waals surface area contributed by atoms with Crippen LogP contribution in [0, 0.1) is 0 Å². The Bertz CT molecular complexity index is 86.1. The van der Waals surface area contributed by atoms with E-state index in [1.165, 1.54) is 18.7 Å². The van der Waals surface area contributed by atoms with Crippen LogP contribution in [-0.4, -0.2) is 16.9 Å². The molecule has 0 aromatic rings. The molecule has 0 fully saturated rings. The Morgan fingerprint density at radius 3 is 2.50 bits per heavy atom. The van der Waals surface area contributed by atoms with Crippen LogP contribution in [0.4, 0.5) is 0 Å². The van der Waals surface area contributed by atoms with Gasteiger partial charge in [0.25, 0.3) is 0 Å². The fourth-order valence-electron chi connectivity index (χ4n) is 0.233. The summed E-state index contributed by atoms with van der Waals surface area (Å²) in [5.74, 6) is -0.0423. The van der Waals surface area contributed by atoms with Crippen molar-refractivity contribution >= 4 is 30.3 Å². The molecule has 0 heterocycles. The van der Waals surface area contributed by atoms with Crippen LogP contribution in [0.3, 0.4) is 0 Å². The first-order valence-corrected chi connectivity index (χ1v) is 3.95. The first-order valence-electron chi connectivity index (χ1n) is 2.14. The Morgan fingerprint density at radius 1 is 1.88 bits per heavy atom. The second-order valence-electron chi connectivity index (χ2n) is 1.29. The van der Waals surface area contributed by atoms with E-state index in [2.05, 4.69) is 17.9 Å². The minimum atomic E-state index is -0.0625. The quantitative estimate of drug-likeness (QED) is 0.449. The molecule has 1 unspecified atom stereocenters. The van der Waals surface area contributed by atoms with Crippen molar-refractivity contribution in [3.8, 4) is 0 Å². The van der Waals surface area contributed by atoms with Gasteiger partial charge in [-0.15, -0.1) is 24.4 Å². The predicted octanol–water partition coefficient (Wildman–Crippen LogP) is 0.699. The highest BCUT2D eigenvalue weighted by Gasteiger charge is 1.97. The molecule has 48 valence electrons. The van der Waals surface area contributed by atoms with Crippen LogP contribution in [-0.2, 0) is 4.79 Å². The van der Waals surface area contributed by atoms with Gasteiger partial charge in [0.05, 0.1) is 0 Å². The van der Waals surface area contributed by atoms with Gasteiger partial charge in [-0.1, -0.05) is 0 Å². The Labute approximate surface area is 58.8 Å². The zero-order valence-corrected chi connectivity index (χ0v) is 6.55. The maximum atomic E-state index is 10.2. The van der Waals surface area contributed by atoms with E-state index in [0.29, 0.717) is 0 Å². The third-order valence-electron chi connectivity index (χ3n) is 0.550. The lowest BCUT2D eigenvalue weighted by Gasteiger charge is -2.05. The Morgan fingerprint density at radius 2 is 2.38 bits per heavy atom. The number of hydrogen-bond donors (Lipinski definition) is 2. The Hall–Kier alpha value is 0.170. The number of carbonyl (C=O) groups excluding carboxylic acids is 1. The average Bonchev–Trinajstić information content (AvgIpc) is 1.65. The van der Waals surface area contributed by atoms with Gasteiger partial charge < -0.3 is 5.32 Å². The van der Waals surface area contributed by atoms with Gasteiger partial charge in [0, 0.05) is 6.92 Å². The monoisotopic (exact) mass is 151 g/mol. The van der Waals surface area contributed by atoms with Gasteiger partial charge in [0.15, 0.2) is 0 Å². The molecule has 0 radical (unpaired) electrons. The highest BCUT2D eigenvalue weighted by molar-refractivity contribution is 8.09. The summed E-state index contributed by atoms with van der Waals surface area (Å²) in [5.41, 5.74) is 0. The van der Waals surface area contributed by atoms with Gasteiger partial charge in [-0.25, -0.2) is 0 Å². The van der Waals surface area contributed by atoms with E-state index >= 15 is 0 Å². The van der Waals surface area contributed by atoms with E-state index in [0.717, 1.165) is 0 Å². The molecule has 0 saturated carbocycles. The first-order chi connectivity index (χ1) is 3.66. The van der Waals surface area contributed by atoms with E-state index < -0.39 is 0 Å². The fourth-order valence-corrected chi connectivity index (χ4v) is 0.698. The molecule has 0 aliphatic heterocycles. The number of thioether (sulfide) groups is 1. The molecule has 0 spiro atoms. The van der Waals surface area contributed by atoms with Crippen LogP contribution in [0.15, 0.2) is 0 Å². The molecule has 0 aromatic carbocycles. The van der Waals surface area contributed by atoms with Crippen molar-refractivity contribution in [1.82, 2.24) is 5.32 Å². The molecule has 0 saturated heterocycles.